The van der Waals surface area contributed by atoms with Gasteiger partial charge in [-0.25, -0.2) is 4.98 Å². The summed E-state index contributed by atoms with van der Waals surface area (Å²) in [4.78, 5) is 11.2. The maximum absolute atomic E-state index is 10.00. The van der Waals surface area contributed by atoms with Gasteiger partial charge in [0.15, 0.2) is 0 Å². The zero-order chi connectivity index (χ0) is 11.5. The van der Waals surface area contributed by atoms with Gasteiger partial charge >= 0.3 is 0 Å². The molecule has 2 heterocycles. The Morgan fingerprint density at radius 3 is 2.88 bits per heavy atom. The maximum Gasteiger partial charge on any atom is 0.148 e. The van der Waals surface area contributed by atoms with Crippen LogP contribution in [-0.2, 0) is 11.3 Å². The SMILES string of the molecule is COCc1cnc(C)c(O)c1-c1ncc[nH]1. The summed E-state index contributed by atoms with van der Waals surface area (Å²) in [6.45, 7) is 2.13. The Hall–Kier alpha value is -1.88. The molecule has 16 heavy (non-hydrogen) atoms. The predicted molar refractivity (Wildman–Crippen MR) is 58.9 cm³/mol. The fraction of sp³-hybridized carbons (Fsp3) is 0.273. The van der Waals surface area contributed by atoms with Crippen molar-refractivity contribution in [3.8, 4) is 17.1 Å². The summed E-state index contributed by atoms with van der Waals surface area (Å²) >= 11 is 0. The molecule has 2 aromatic heterocycles. The molecule has 0 saturated heterocycles. The van der Waals surface area contributed by atoms with Crippen LogP contribution in [0.2, 0.25) is 0 Å². The number of aromatic nitrogens is 3. The number of hydrogen-bond donors (Lipinski definition) is 2. The number of H-pyrrole nitrogens is 1. The third-order valence-corrected chi connectivity index (χ3v) is 2.35. The smallest absolute Gasteiger partial charge is 0.148 e. The highest BCUT2D eigenvalue weighted by atomic mass is 16.5. The van der Waals surface area contributed by atoms with E-state index >= 15 is 0 Å². The topological polar surface area (TPSA) is 71.0 Å². The number of ether oxygens (including phenoxy) is 1. The molecule has 84 valence electrons. The van der Waals surface area contributed by atoms with Crippen LogP contribution in [0.1, 0.15) is 11.3 Å². The minimum Gasteiger partial charge on any atom is -0.505 e. The fourth-order valence-corrected chi connectivity index (χ4v) is 1.56. The zero-order valence-corrected chi connectivity index (χ0v) is 9.19. The Labute approximate surface area is 93.1 Å². The van der Waals surface area contributed by atoms with E-state index in [4.69, 9.17) is 4.74 Å². The Morgan fingerprint density at radius 1 is 1.44 bits per heavy atom. The van der Waals surface area contributed by atoms with Gasteiger partial charge in [0.1, 0.15) is 11.6 Å². The van der Waals surface area contributed by atoms with Gasteiger partial charge in [0, 0.05) is 31.3 Å². The van der Waals surface area contributed by atoms with Crippen LogP contribution in [0.5, 0.6) is 5.75 Å². The monoisotopic (exact) mass is 219 g/mol. The van der Waals surface area contributed by atoms with Gasteiger partial charge in [-0.15, -0.1) is 0 Å². The predicted octanol–water partition coefficient (Wildman–Crippen LogP) is 1.63. The normalized spacial score (nSPS) is 10.6. The second kappa shape index (κ2) is 4.32. The van der Waals surface area contributed by atoms with Crippen molar-refractivity contribution >= 4 is 0 Å². The van der Waals surface area contributed by atoms with Crippen LogP contribution in [0, 0.1) is 6.92 Å². The molecule has 0 spiro atoms. The highest BCUT2D eigenvalue weighted by molar-refractivity contribution is 5.68. The summed E-state index contributed by atoms with van der Waals surface area (Å²) in [5.41, 5.74) is 2.03. The second-order valence-electron chi connectivity index (χ2n) is 3.46. The summed E-state index contributed by atoms with van der Waals surface area (Å²) in [6, 6.07) is 0. The highest BCUT2D eigenvalue weighted by Gasteiger charge is 2.15. The first kappa shape index (κ1) is 10.6. The lowest BCUT2D eigenvalue weighted by atomic mass is 10.1. The number of aromatic amines is 1. The quantitative estimate of drug-likeness (QED) is 0.823. The molecular weight excluding hydrogens is 206 g/mol. The van der Waals surface area contributed by atoms with Crippen molar-refractivity contribution in [3.05, 3.63) is 29.8 Å². The van der Waals surface area contributed by atoms with Crippen molar-refractivity contribution in [2.75, 3.05) is 7.11 Å². The molecule has 0 atom stereocenters. The number of pyridine rings is 1. The highest BCUT2D eigenvalue weighted by Crippen LogP contribution is 2.32. The lowest BCUT2D eigenvalue weighted by Crippen LogP contribution is -1.97. The van der Waals surface area contributed by atoms with Gasteiger partial charge in [0.25, 0.3) is 0 Å². The Balaban J connectivity index is 2.59. The van der Waals surface area contributed by atoms with Gasteiger partial charge in [-0.2, -0.15) is 0 Å². The molecule has 0 unspecified atom stereocenters. The number of aromatic hydroxyl groups is 1. The second-order valence-corrected chi connectivity index (χ2v) is 3.46. The minimum absolute atomic E-state index is 0.143. The van der Waals surface area contributed by atoms with E-state index in [1.54, 1.807) is 32.6 Å². The molecule has 0 aliphatic heterocycles. The molecule has 0 aliphatic carbocycles. The summed E-state index contributed by atoms with van der Waals surface area (Å²) in [5.74, 6) is 0.763. The molecule has 0 radical (unpaired) electrons. The van der Waals surface area contributed by atoms with Crippen LogP contribution >= 0.6 is 0 Å². The molecule has 5 nitrogen and oxygen atoms in total. The van der Waals surface area contributed by atoms with Crippen molar-refractivity contribution in [1.29, 1.82) is 0 Å². The Morgan fingerprint density at radius 2 is 2.25 bits per heavy atom. The van der Waals surface area contributed by atoms with Gasteiger partial charge in [-0.05, 0) is 6.92 Å². The third-order valence-electron chi connectivity index (χ3n) is 2.35. The molecule has 0 aromatic carbocycles. The number of imidazole rings is 1. The molecule has 2 rings (SSSR count). The van der Waals surface area contributed by atoms with Gasteiger partial charge in [-0.1, -0.05) is 0 Å². The standard InChI is InChI=1S/C11H13N3O2/c1-7-10(15)9(11-12-3-4-13-11)8(5-14-7)6-16-2/h3-5,15H,6H2,1-2H3,(H,12,13). The minimum atomic E-state index is 0.143. The number of hydrogen-bond acceptors (Lipinski definition) is 4. The molecule has 0 aliphatic rings. The van der Waals surface area contributed by atoms with E-state index < -0.39 is 0 Å². The lowest BCUT2D eigenvalue weighted by Gasteiger charge is -2.10. The van der Waals surface area contributed by atoms with Crippen molar-refractivity contribution in [1.82, 2.24) is 15.0 Å². The average molecular weight is 219 g/mol. The van der Waals surface area contributed by atoms with Crippen molar-refractivity contribution in [2.45, 2.75) is 13.5 Å². The van der Waals surface area contributed by atoms with Crippen LogP contribution in [-0.4, -0.2) is 27.2 Å². The number of nitrogens with zero attached hydrogens (tertiary/aromatic N) is 2. The number of nitrogens with one attached hydrogen (secondary N) is 1. The summed E-state index contributed by atoms with van der Waals surface area (Å²) in [5, 5.41) is 10.00. The van der Waals surface area contributed by atoms with Crippen LogP contribution < -0.4 is 0 Å². The number of rotatable bonds is 3. The summed E-state index contributed by atoms with van der Waals surface area (Å²) < 4.78 is 5.07. The first-order valence-electron chi connectivity index (χ1n) is 4.90. The largest absolute Gasteiger partial charge is 0.505 e. The van der Waals surface area contributed by atoms with Crippen molar-refractivity contribution in [3.63, 3.8) is 0 Å². The Kier molecular flexibility index (Phi) is 2.87. The van der Waals surface area contributed by atoms with Crippen molar-refractivity contribution < 1.29 is 9.84 Å². The molecule has 0 saturated carbocycles. The van der Waals surface area contributed by atoms with E-state index in [0.717, 1.165) is 5.56 Å². The van der Waals surface area contributed by atoms with Crippen LogP contribution in [0.15, 0.2) is 18.6 Å². The summed E-state index contributed by atoms with van der Waals surface area (Å²) in [6.07, 6.45) is 5.04. The fourth-order valence-electron chi connectivity index (χ4n) is 1.56. The van der Waals surface area contributed by atoms with E-state index in [-0.39, 0.29) is 5.75 Å². The first-order valence-corrected chi connectivity index (χ1v) is 4.90. The van der Waals surface area contributed by atoms with Gasteiger partial charge in [-0.3, -0.25) is 4.98 Å². The van der Waals surface area contributed by atoms with Gasteiger partial charge < -0.3 is 14.8 Å². The molecule has 5 heteroatoms. The molecule has 2 aromatic rings. The van der Waals surface area contributed by atoms with Crippen LogP contribution in [0.4, 0.5) is 0 Å². The van der Waals surface area contributed by atoms with Crippen molar-refractivity contribution in [2.24, 2.45) is 0 Å². The average Bonchev–Trinajstić information content (AvgIpc) is 2.77. The molecule has 0 amide bonds. The molecule has 2 N–H and O–H groups in total. The van der Waals surface area contributed by atoms with Gasteiger partial charge in [0.05, 0.1) is 17.9 Å². The summed E-state index contributed by atoms with van der Waals surface area (Å²) in [7, 11) is 1.60. The zero-order valence-electron chi connectivity index (χ0n) is 9.19. The van der Waals surface area contributed by atoms with Gasteiger partial charge in [0.2, 0.25) is 0 Å². The van der Waals surface area contributed by atoms with E-state index in [9.17, 15) is 5.11 Å². The van der Waals surface area contributed by atoms with Crippen LogP contribution in [0.25, 0.3) is 11.4 Å². The van der Waals surface area contributed by atoms with E-state index in [0.29, 0.717) is 23.7 Å². The van der Waals surface area contributed by atoms with E-state index in [1.807, 2.05) is 0 Å². The molecular formula is C11H13N3O2. The molecule has 0 fully saturated rings. The number of methoxy groups -OCH3 is 1. The Bertz CT molecular complexity index is 480. The third kappa shape index (κ3) is 1.77. The molecule has 0 bridgehead atoms. The number of aryl methyl sites for hydroxylation is 1. The van der Waals surface area contributed by atoms with Crippen LogP contribution in [0.3, 0.4) is 0 Å². The van der Waals surface area contributed by atoms with E-state index in [2.05, 4.69) is 15.0 Å². The lowest BCUT2D eigenvalue weighted by molar-refractivity contribution is 0.184. The first-order chi connectivity index (χ1) is 7.74. The maximum atomic E-state index is 10.00. The van der Waals surface area contributed by atoms with E-state index in [1.165, 1.54) is 0 Å².